The smallest absolute Gasteiger partial charge is 0.220 e. The monoisotopic (exact) mass is 400 g/mol. The number of amides is 1. The lowest BCUT2D eigenvalue weighted by Gasteiger charge is -2.27. The molecular weight excluding hydrogens is 379 g/mol. The normalized spacial score (nSPS) is 10.9. The van der Waals surface area contributed by atoms with E-state index in [1.54, 1.807) is 12.1 Å². The van der Waals surface area contributed by atoms with Crippen LogP contribution in [0, 0.1) is 0 Å². The molecule has 0 heterocycles. The van der Waals surface area contributed by atoms with Crippen LogP contribution in [-0.2, 0) is 17.6 Å². The van der Waals surface area contributed by atoms with Crippen LogP contribution in [0.1, 0.15) is 31.4 Å². The largest absolute Gasteiger partial charge is 0.399 e. The number of para-hydroxylation sites is 1. The van der Waals surface area contributed by atoms with Crippen LogP contribution >= 0.6 is 35.6 Å². The molecule has 0 saturated heterocycles. The second-order valence-corrected chi connectivity index (χ2v) is 7.39. The fraction of sp³-hybridized carbons (Fsp3) is 0.316. The molecular formula is C19H23Cl3N2O. The average molecular weight is 402 g/mol. The first kappa shape index (κ1) is 21.6. The van der Waals surface area contributed by atoms with Crippen molar-refractivity contribution in [2.45, 2.75) is 38.6 Å². The summed E-state index contributed by atoms with van der Waals surface area (Å²) in [5.41, 5.74) is 8.17. The molecule has 25 heavy (non-hydrogen) atoms. The maximum Gasteiger partial charge on any atom is 0.220 e. The number of nitrogen functional groups attached to an aromatic ring is 1. The summed E-state index contributed by atoms with van der Waals surface area (Å²) in [5.74, 6) is -0.00617. The molecule has 136 valence electrons. The predicted octanol–water partition coefficient (Wildman–Crippen LogP) is 5.07. The van der Waals surface area contributed by atoms with E-state index in [1.165, 1.54) is 0 Å². The van der Waals surface area contributed by atoms with Crippen molar-refractivity contribution >= 4 is 47.2 Å². The number of rotatable bonds is 6. The maximum atomic E-state index is 12.3. The Labute approximate surface area is 165 Å². The van der Waals surface area contributed by atoms with Gasteiger partial charge in [-0.05, 0) is 56.0 Å². The molecule has 2 aromatic carbocycles. The molecule has 3 nitrogen and oxygen atoms in total. The van der Waals surface area contributed by atoms with Gasteiger partial charge in [0.2, 0.25) is 5.91 Å². The van der Waals surface area contributed by atoms with Crippen LogP contribution in [0.25, 0.3) is 0 Å². The summed E-state index contributed by atoms with van der Waals surface area (Å²) in [6.07, 6.45) is 1.64. The number of benzene rings is 2. The Bertz CT molecular complexity index is 732. The Morgan fingerprint density at radius 1 is 1.12 bits per heavy atom. The highest BCUT2D eigenvalue weighted by Crippen LogP contribution is 2.24. The zero-order chi connectivity index (χ0) is 17.7. The molecule has 6 heteroatoms. The van der Waals surface area contributed by atoms with E-state index in [-0.39, 0.29) is 18.3 Å². The van der Waals surface area contributed by atoms with E-state index in [9.17, 15) is 4.79 Å². The molecule has 0 atom stereocenters. The van der Waals surface area contributed by atoms with Gasteiger partial charge >= 0.3 is 0 Å². The molecule has 0 aliphatic carbocycles. The van der Waals surface area contributed by atoms with Gasteiger partial charge in [0.1, 0.15) is 0 Å². The zero-order valence-corrected chi connectivity index (χ0v) is 16.6. The zero-order valence-electron chi connectivity index (χ0n) is 14.3. The number of nitrogens with one attached hydrogen (secondary N) is 1. The van der Waals surface area contributed by atoms with Crippen molar-refractivity contribution in [2.24, 2.45) is 0 Å². The Kier molecular flexibility index (Phi) is 8.07. The van der Waals surface area contributed by atoms with Crippen molar-refractivity contribution < 1.29 is 4.79 Å². The third-order valence-electron chi connectivity index (χ3n) is 3.80. The van der Waals surface area contributed by atoms with Crippen molar-refractivity contribution in [3.63, 3.8) is 0 Å². The number of halogens is 3. The number of carbonyl (C=O) groups is 1. The lowest BCUT2D eigenvalue weighted by molar-refractivity contribution is -0.122. The first-order valence-corrected chi connectivity index (χ1v) is 8.61. The van der Waals surface area contributed by atoms with Crippen molar-refractivity contribution in [1.82, 2.24) is 5.32 Å². The van der Waals surface area contributed by atoms with Crippen LogP contribution in [-0.4, -0.2) is 11.4 Å². The van der Waals surface area contributed by atoms with Crippen molar-refractivity contribution in [3.05, 3.63) is 63.6 Å². The highest BCUT2D eigenvalue weighted by molar-refractivity contribution is 6.35. The van der Waals surface area contributed by atoms with Gasteiger partial charge in [-0.25, -0.2) is 0 Å². The second kappa shape index (κ2) is 9.33. The molecule has 2 aromatic rings. The maximum absolute atomic E-state index is 12.3. The average Bonchev–Trinajstić information content (AvgIpc) is 2.49. The number of hydrogen-bond acceptors (Lipinski definition) is 2. The first-order chi connectivity index (χ1) is 11.3. The van der Waals surface area contributed by atoms with Crippen LogP contribution in [0.3, 0.4) is 0 Å². The Morgan fingerprint density at radius 3 is 2.44 bits per heavy atom. The quantitative estimate of drug-likeness (QED) is 0.664. The number of nitrogens with two attached hydrogens (primary N) is 1. The summed E-state index contributed by atoms with van der Waals surface area (Å²) in [7, 11) is 0. The Balaban J connectivity index is 0.00000312. The number of carbonyl (C=O) groups excluding carboxylic acids is 1. The molecule has 0 radical (unpaired) electrons. The van der Waals surface area contributed by atoms with Gasteiger partial charge in [0.15, 0.2) is 0 Å². The summed E-state index contributed by atoms with van der Waals surface area (Å²) in [5, 5.41) is 4.28. The lowest BCUT2D eigenvalue weighted by atomic mass is 9.94. The highest BCUT2D eigenvalue weighted by atomic mass is 35.5. The Hall–Kier alpha value is -1.42. The van der Waals surface area contributed by atoms with Crippen LogP contribution in [0.15, 0.2) is 42.5 Å². The molecule has 0 bridgehead atoms. The van der Waals surface area contributed by atoms with Crippen molar-refractivity contribution in [1.29, 1.82) is 0 Å². The first-order valence-electron chi connectivity index (χ1n) is 7.85. The minimum atomic E-state index is -0.406. The third-order valence-corrected chi connectivity index (χ3v) is 4.39. The highest BCUT2D eigenvalue weighted by Gasteiger charge is 2.22. The van der Waals surface area contributed by atoms with E-state index >= 15 is 0 Å². The standard InChI is InChI=1S/C19H22Cl2N2O.ClH/c1-19(2,12-14-7-9-15(20)11-16(14)21)23-18(24)10-8-13-5-3-4-6-17(13)22;/h3-7,9,11H,8,10,12,22H2,1-2H3,(H,23,24);1H. The summed E-state index contributed by atoms with van der Waals surface area (Å²) in [4.78, 5) is 12.3. The van der Waals surface area contributed by atoms with E-state index in [1.807, 2.05) is 44.2 Å². The van der Waals surface area contributed by atoms with Crippen LogP contribution in [0.2, 0.25) is 10.0 Å². The van der Waals surface area contributed by atoms with E-state index in [4.69, 9.17) is 28.9 Å². The van der Waals surface area contributed by atoms with Crippen molar-refractivity contribution in [3.8, 4) is 0 Å². The lowest BCUT2D eigenvalue weighted by Crippen LogP contribution is -2.45. The molecule has 2 rings (SSSR count). The topological polar surface area (TPSA) is 55.1 Å². The minimum Gasteiger partial charge on any atom is -0.399 e. The van der Waals surface area contributed by atoms with E-state index in [0.717, 1.165) is 16.8 Å². The van der Waals surface area contributed by atoms with Gasteiger partial charge < -0.3 is 11.1 Å². The van der Waals surface area contributed by atoms with E-state index in [2.05, 4.69) is 5.32 Å². The molecule has 0 aliphatic heterocycles. The Morgan fingerprint density at radius 2 is 1.80 bits per heavy atom. The fourth-order valence-electron chi connectivity index (χ4n) is 2.64. The number of hydrogen-bond donors (Lipinski definition) is 2. The molecule has 0 spiro atoms. The molecule has 0 aromatic heterocycles. The van der Waals surface area contributed by atoms with Crippen LogP contribution in [0.4, 0.5) is 5.69 Å². The molecule has 3 N–H and O–H groups in total. The van der Waals surface area contributed by atoms with Crippen LogP contribution in [0.5, 0.6) is 0 Å². The molecule has 0 unspecified atom stereocenters. The molecule has 0 saturated carbocycles. The van der Waals surface area contributed by atoms with Gasteiger partial charge in [0.05, 0.1) is 0 Å². The fourth-order valence-corrected chi connectivity index (χ4v) is 3.11. The van der Waals surface area contributed by atoms with Gasteiger partial charge in [-0.2, -0.15) is 0 Å². The SMILES string of the molecule is CC(C)(Cc1ccc(Cl)cc1Cl)NC(=O)CCc1ccccc1N.Cl. The van der Waals surface area contributed by atoms with E-state index in [0.29, 0.717) is 29.3 Å². The summed E-state index contributed by atoms with van der Waals surface area (Å²) in [6.45, 7) is 3.96. The third kappa shape index (κ3) is 6.77. The molecule has 1 amide bonds. The van der Waals surface area contributed by atoms with Gasteiger partial charge in [-0.1, -0.05) is 47.5 Å². The van der Waals surface area contributed by atoms with Crippen molar-refractivity contribution in [2.75, 3.05) is 5.73 Å². The second-order valence-electron chi connectivity index (χ2n) is 6.54. The summed E-state index contributed by atoms with van der Waals surface area (Å²) >= 11 is 12.1. The molecule has 0 aliphatic rings. The number of anilines is 1. The van der Waals surface area contributed by atoms with Crippen LogP contribution < -0.4 is 11.1 Å². The predicted molar refractivity (Wildman–Crippen MR) is 109 cm³/mol. The van der Waals surface area contributed by atoms with Gasteiger partial charge in [-0.15, -0.1) is 12.4 Å². The summed E-state index contributed by atoms with van der Waals surface area (Å²) in [6, 6.07) is 13.0. The number of aryl methyl sites for hydroxylation is 1. The van der Waals surface area contributed by atoms with Gasteiger partial charge in [-0.3, -0.25) is 4.79 Å². The van der Waals surface area contributed by atoms with Gasteiger partial charge in [0.25, 0.3) is 0 Å². The summed E-state index contributed by atoms with van der Waals surface area (Å²) < 4.78 is 0. The van der Waals surface area contributed by atoms with Gasteiger partial charge in [0, 0.05) is 27.7 Å². The minimum absolute atomic E-state index is 0. The van der Waals surface area contributed by atoms with E-state index < -0.39 is 5.54 Å². The molecule has 0 fully saturated rings.